The molecule has 2 aromatic carbocycles. The molecule has 2 aromatic rings. The van der Waals surface area contributed by atoms with Gasteiger partial charge in [-0.3, -0.25) is 0 Å². The number of sulfone groups is 1. The zero-order chi connectivity index (χ0) is 18.1. The molecule has 1 saturated heterocycles. The van der Waals surface area contributed by atoms with Crippen molar-refractivity contribution >= 4 is 25.5 Å². The molecule has 1 atom stereocenters. The topological polar surface area (TPSA) is 83.5 Å². The van der Waals surface area contributed by atoms with Gasteiger partial charge in [0.1, 0.15) is 0 Å². The van der Waals surface area contributed by atoms with Gasteiger partial charge in [0.25, 0.3) is 0 Å². The average Bonchev–Trinajstić information content (AvgIpc) is 3.04. The molecule has 0 amide bonds. The zero-order valence-corrected chi connectivity index (χ0v) is 15.4. The van der Waals surface area contributed by atoms with Gasteiger partial charge in [-0.2, -0.15) is 4.31 Å². The highest BCUT2D eigenvalue weighted by Gasteiger charge is 2.32. The molecular formula is C17H20N2O4S2. The molecule has 6 nitrogen and oxygen atoms in total. The van der Waals surface area contributed by atoms with E-state index < -0.39 is 19.9 Å². The Bertz CT molecular complexity index is 957. The van der Waals surface area contributed by atoms with Gasteiger partial charge < -0.3 is 5.32 Å². The molecule has 0 aromatic heterocycles. The number of anilines is 1. The van der Waals surface area contributed by atoms with Gasteiger partial charge in [0.15, 0.2) is 9.84 Å². The van der Waals surface area contributed by atoms with Crippen LogP contribution in [0.5, 0.6) is 0 Å². The van der Waals surface area contributed by atoms with Crippen LogP contribution in [0.15, 0.2) is 64.4 Å². The molecule has 0 bridgehead atoms. The predicted molar refractivity (Wildman–Crippen MR) is 96.8 cm³/mol. The maximum atomic E-state index is 12.8. The van der Waals surface area contributed by atoms with E-state index in [-0.39, 0.29) is 15.8 Å². The fourth-order valence-electron chi connectivity index (χ4n) is 2.85. The lowest BCUT2D eigenvalue weighted by atomic mass is 10.2. The minimum atomic E-state index is -3.72. The molecule has 1 heterocycles. The molecule has 0 radical (unpaired) electrons. The molecule has 0 saturated carbocycles. The first-order chi connectivity index (χ1) is 11.8. The number of hydrogen-bond acceptors (Lipinski definition) is 5. The van der Waals surface area contributed by atoms with E-state index in [1.165, 1.54) is 28.6 Å². The van der Waals surface area contributed by atoms with Crippen LogP contribution in [0.25, 0.3) is 0 Å². The summed E-state index contributed by atoms with van der Waals surface area (Å²) in [6, 6.07) is 15.2. The van der Waals surface area contributed by atoms with Crippen molar-refractivity contribution in [1.82, 2.24) is 4.31 Å². The van der Waals surface area contributed by atoms with Gasteiger partial charge >= 0.3 is 0 Å². The van der Waals surface area contributed by atoms with Crippen molar-refractivity contribution in [1.29, 1.82) is 0 Å². The van der Waals surface area contributed by atoms with Crippen molar-refractivity contribution in [2.75, 3.05) is 24.7 Å². The second kappa shape index (κ2) is 6.78. The van der Waals surface area contributed by atoms with E-state index in [0.717, 1.165) is 11.9 Å². The van der Waals surface area contributed by atoms with E-state index in [9.17, 15) is 16.8 Å². The minimum absolute atomic E-state index is 0.00623. The first-order valence-corrected chi connectivity index (χ1v) is 11.2. The monoisotopic (exact) mass is 380 g/mol. The summed E-state index contributed by atoms with van der Waals surface area (Å²) in [6.07, 6.45) is 1.76. The fraction of sp³-hybridized carbons (Fsp3) is 0.294. The largest absolute Gasteiger partial charge is 0.381 e. The van der Waals surface area contributed by atoms with E-state index in [0.29, 0.717) is 19.5 Å². The van der Waals surface area contributed by atoms with Crippen molar-refractivity contribution in [3.63, 3.8) is 0 Å². The normalized spacial score (nSPS) is 19.0. The smallest absolute Gasteiger partial charge is 0.243 e. The summed E-state index contributed by atoms with van der Waals surface area (Å²) in [5, 5.41) is 3.33. The quantitative estimate of drug-likeness (QED) is 0.857. The molecule has 1 N–H and O–H groups in total. The van der Waals surface area contributed by atoms with Crippen molar-refractivity contribution in [3.8, 4) is 0 Å². The summed E-state index contributed by atoms with van der Waals surface area (Å²) >= 11 is 0. The number of rotatable bonds is 5. The third-order valence-electron chi connectivity index (χ3n) is 4.17. The van der Waals surface area contributed by atoms with Crippen LogP contribution in [-0.4, -0.2) is 46.5 Å². The SMILES string of the molecule is CS(=O)(=O)c1cccc(S(=O)(=O)N2CCC(Nc3ccccc3)C2)c1. The highest BCUT2D eigenvalue weighted by molar-refractivity contribution is 7.91. The summed E-state index contributed by atoms with van der Waals surface area (Å²) in [5.74, 6) is 0. The summed E-state index contributed by atoms with van der Waals surface area (Å²) < 4.78 is 50.4. The van der Waals surface area contributed by atoms with Crippen LogP contribution < -0.4 is 5.32 Å². The van der Waals surface area contributed by atoms with Crippen LogP contribution in [-0.2, 0) is 19.9 Å². The van der Waals surface area contributed by atoms with Crippen LogP contribution in [0.1, 0.15) is 6.42 Å². The number of nitrogens with zero attached hydrogens (tertiary/aromatic N) is 1. The summed E-state index contributed by atoms with van der Waals surface area (Å²) in [4.78, 5) is 0.0162. The molecule has 3 rings (SSSR count). The highest BCUT2D eigenvalue weighted by Crippen LogP contribution is 2.24. The van der Waals surface area contributed by atoms with Crippen LogP contribution in [0.4, 0.5) is 5.69 Å². The Morgan fingerprint density at radius 2 is 1.64 bits per heavy atom. The van der Waals surface area contributed by atoms with E-state index in [4.69, 9.17) is 0 Å². The molecule has 8 heteroatoms. The Hall–Kier alpha value is -1.90. The second-order valence-electron chi connectivity index (χ2n) is 6.11. The van der Waals surface area contributed by atoms with E-state index >= 15 is 0 Å². The van der Waals surface area contributed by atoms with Crippen molar-refractivity contribution in [2.45, 2.75) is 22.3 Å². The van der Waals surface area contributed by atoms with E-state index in [1.807, 2.05) is 30.3 Å². The van der Waals surface area contributed by atoms with Gasteiger partial charge in [-0.1, -0.05) is 24.3 Å². The Morgan fingerprint density at radius 1 is 0.960 bits per heavy atom. The maximum absolute atomic E-state index is 12.8. The Labute approximate surface area is 148 Å². The van der Waals surface area contributed by atoms with Gasteiger partial charge in [-0.25, -0.2) is 16.8 Å². The standard InChI is InChI=1S/C17H20N2O4S2/c1-24(20,21)16-8-5-9-17(12-16)25(22,23)19-11-10-15(13-19)18-14-6-3-2-4-7-14/h2-9,12,15,18H,10-11,13H2,1H3. The molecule has 25 heavy (non-hydrogen) atoms. The van der Waals surface area contributed by atoms with Crippen LogP contribution >= 0.6 is 0 Å². The van der Waals surface area contributed by atoms with Gasteiger partial charge in [0, 0.05) is 31.1 Å². The maximum Gasteiger partial charge on any atom is 0.243 e. The summed E-state index contributed by atoms with van der Waals surface area (Å²) in [7, 11) is -7.17. The number of para-hydroxylation sites is 1. The van der Waals surface area contributed by atoms with E-state index in [2.05, 4.69) is 5.32 Å². The van der Waals surface area contributed by atoms with Gasteiger partial charge in [-0.15, -0.1) is 0 Å². The van der Waals surface area contributed by atoms with Crippen LogP contribution in [0.2, 0.25) is 0 Å². The molecule has 1 fully saturated rings. The first-order valence-electron chi connectivity index (χ1n) is 7.89. The number of hydrogen-bond donors (Lipinski definition) is 1. The molecule has 1 unspecified atom stereocenters. The van der Waals surface area contributed by atoms with Gasteiger partial charge in [0.05, 0.1) is 9.79 Å². The zero-order valence-electron chi connectivity index (χ0n) is 13.8. The fourth-order valence-corrected chi connectivity index (χ4v) is 5.14. The second-order valence-corrected chi connectivity index (χ2v) is 10.1. The lowest BCUT2D eigenvalue weighted by Crippen LogP contribution is -2.31. The third-order valence-corrected chi connectivity index (χ3v) is 7.14. The lowest BCUT2D eigenvalue weighted by molar-refractivity contribution is 0.474. The van der Waals surface area contributed by atoms with Crippen molar-refractivity contribution in [3.05, 3.63) is 54.6 Å². The Balaban J connectivity index is 1.78. The number of sulfonamides is 1. The van der Waals surface area contributed by atoms with E-state index in [1.54, 1.807) is 0 Å². The van der Waals surface area contributed by atoms with Crippen molar-refractivity contribution < 1.29 is 16.8 Å². The molecule has 1 aliphatic rings. The predicted octanol–water partition coefficient (Wildman–Crippen LogP) is 1.97. The third kappa shape index (κ3) is 4.02. The summed E-state index contributed by atoms with van der Waals surface area (Å²) in [5.41, 5.74) is 0.950. The van der Waals surface area contributed by atoms with Crippen molar-refractivity contribution in [2.24, 2.45) is 0 Å². The van der Waals surface area contributed by atoms with Crippen LogP contribution in [0, 0.1) is 0 Å². The lowest BCUT2D eigenvalue weighted by Gasteiger charge is -2.18. The molecule has 0 aliphatic carbocycles. The van der Waals surface area contributed by atoms with Gasteiger partial charge in [0.2, 0.25) is 10.0 Å². The molecular weight excluding hydrogens is 360 g/mol. The summed E-state index contributed by atoms with van der Waals surface area (Å²) in [6.45, 7) is 0.746. The van der Waals surface area contributed by atoms with Gasteiger partial charge in [-0.05, 0) is 36.8 Å². The number of nitrogens with one attached hydrogen (secondary N) is 1. The molecule has 0 spiro atoms. The average molecular weight is 380 g/mol. The number of benzene rings is 2. The molecule has 134 valence electrons. The Morgan fingerprint density at radius 3 is 2.32 bits per heavy atom. The molecule has 1 aliphatic heterocycles. The van der Waals surface area contributed by atoms with Crippen LogP contribution in [0.3, 0.4) is 0 Å². The Kier molecular flexibility index (Phi) is 4.86. The first kappa shape index (κ1) is 17.9. The minimum Gasteiger partial charge on any atom is -0.381 e. The highest BCUT2D eigenvalue weighted by atomic mass is 32.2.